The van der Waals surface area contributed by atoms with Crippen molar-refractivity contribution in [1.29, 1.82) is 0 Å². The Balaban J connectivity index is 2.02. The zero-order chi connectivity index (χ0) is 9.26. The summed E-state index contributed by atoms with van der Waals surface area (Å²) in [7, 11) is 0. The van der Waals surface area contributed by atoms with Crippen LogP contribution in [0.3, 0.4) is 0 Å². The average Bonchev–Trinajstić information content (AvgIpc) is 2.06. The van der Waals surface area contributed by atoms with Gasteiger partial charge in [0, 0.05) is 19.0 Å². The number of carbonyl (C=O) groups is 1. The zero-order valence-corrected chi connectivity index (χ0v) is 7.49. The van der Waals surface area contributed by atoms with Crippen molar-refractivity contribution in [2.45, 2.75) is 25.9 Å². The van der Waals surface area contributed by atoms with Gasteiger partial charge in [-0.3, -0.25) is 9.78 Å². The van der Waals surface area contributed by atoms with Crippen LogP contribution in [0.2, 0.25) is 0 Å². The third kappa shape index (κ3) is 1.69. The first-order valence-electron chi connectivity index (χ1n) is 4.35. The van der Waals surface area contributed by atoms with Gasteiger partial charge in [-0.25, -0.2) is 0 Å². The lowest BCUT2D eigenvalue weighted by atomic mass is 9.94. The third-order valence-corrected chi connectivity index (χ3v) is 2.16. The first-order valence-corrected chi connectivity index (χ1v) is 4.35. The molecule has 0 amide bonds. The maximum absolute atomic E-state index is 10.7. The van der Waals surface area contributed by atoms with Crippen LogP contribution in [0.5, 0.6) is 5.75 Å². The molecular weight excluding hydrogens is 166 g/mol. The van der Waals surface area contributed by atoms with E-state index in [1.165, 1.54) is 0 Å². The predicted octanol–water partition coefficient (Wildman–Crippen LogP) is 1.50. The minimum atomic E-state index is 0.0791. The Kier molecular flexibility index (Phi) is 2.00. The molecule has 0 aromatic carbocycles. The molecule has 1 saturated carbocycles. The van der Waals surface area contributed by atoms with Crippen molar-refractivity contribution >= 4 is 5.78 Å². The minimum absolute atomic E-state index is 0.0791. The number of ether oxygens (including phenoxy) is 1. The van der Waals surface area contributed by atoms with Crippen LogP contribution in [0.1, 0.15) is 18.5 Å². The molecule has 1 heterocycles. The number of carbonyl (C=O) groups excluding carboxylic acids is 1. The van der Waals surface area contributed by atoms with Gasteiger partial charge in [0.15, 0.2) is 0 Å². The van der Waals surface area contributed by atoms with Gasteiger partial charge in [-0.1, -0.05) is 0 Å². The highest BCUT2D eigenvalue weighted by atomic mass is 16.5. The Morgan fingerprint density at radius 2 is 2.31 bits per heavy atom. The van der Waals surface area contributed by atoms with Crippen molar-refractivity contribution < 1.29 is 9.53 Å². The summed E-state index contributed by atoms with van der Waals surface area (Å²) >= 11 is 0. The Bertz CT molecular complexity index is 327. The molecule has 0 N–H and O–H groups in total. The molecule has 1 aromatic heterocycles. The van der Waals surface area contributed by atoms with Crippen molar-refractivity contribution in [2.75, 3.05) is 0 Å². The van der Waals surface area contributed by atoms with Crippen LogP contribution in [0.25, 0.3) is 0 Å². The van der Waals surface area contributed by atoms with Crippen LogP contribution in [0.4, 0.5) is 0 Å². The molecule has 1 fully saturated rings. The van der Waals surface area contributed by atoms with E-state index >= 15 is 0 Å². The van der Waals surface area contributed by atoms with E-state index in [2.05, 4.69) is 4.98 Å². The van der Waals surface area contributed by atoms with Gasteiger partial charge in [-0.15, -0.1) is 0 Å². The van der Waals surface area contributed by atoms with Crippen LogP contribution in [-0.4, -0.2) is 16.9 Å². The molecule has 1 aliphatic carbocycles. The average molecular weight is 177 g/mol. The lowest BCUT2D eigenvalue weighted by Gasteiger charge is -2.25. The molecule has 0 bridgehead atoms. The number of hydrogen-bond acceptors (Lipinski definition) is 3. The Morgan fingerprint density at radius 3 is 2.92 bits per heavy atom. The lowest BCUT2D eigenvalue weighted by molar-refractivity contribution is -0.129. The molecule has 0 saturated heterocycles. The fraction of sp³-hybridized carbons (Fsp3) is 0.400. The van der Waals surface area contributed by atoms with E-state index < -0.39 is 0 Å². The summed E-state index contributed by atoms with van der Waals surface area (Å²) in [6.07, 6.45) is 2.91. The van der Waals surface area contributed by atoms with Gasteiger partial charge in [0.2, 0.25) is 0 Å². The molecular formula is C10H11NO2. The number of nitrogens with zero attached hydrogens (tertiary/aromatic N) is 1. The summed E-state index contributed by atoms with van der Waals surface area (Å²) in [5.74, 6) is 1.08. The van der Waals surface area contributed by atoms with Gasteiger partial charge in [-0.05, 0) is 19.1 Å². The molecule has 0 atom stereocenters. The summed E-state index contributed by atoms with van der Waals surface area (Å²) in [6, 6.07) is 3.72. The van der Waals surface area contributed by atoms with E-state index in [-0.39, 0.29) is 11.9 Å². The number of Topliss-reactive ketones (excluding diaryl/α,β-unsaturated/α-hetero) is 1. The van der Waals surface area contributed by atoms with Crippen LogP contribution < -0.4 is 4.74 Å². The summed E-state index contributed by atoms with van der Waals surface area (Å²) in [4.78, 5) is 14.8. The molecule has 13 heavy (non-hydrogen) atoms. The van der Waals surface area contributed by atoms with Crippen LogP contribution >= 0.6 is 0 Å². The molecule has 0 aliphatic heterocycles. The second-order valence-electron chi connectivity index (χ2n) is 3.27. The molecule has 2 rings (SSSR count). The molecule has 68 valence electrons. The van der Waals surface area contributed by atoms with E-state index in [4.69, 9.17) is 4.74 Å². The SMILES string of the molecule is Cc1ncccc1OC1CC(=O)C1. The van der Waals surface area contributed by atoms with Crippen molar-refractivity contribution in [1.82, 2.24) is 4.98 Å². The van der Waals surface area contributed by atoms with Crippen LogP contribution in [0.15, 0.2) is 18.3 Å². The van der Waals surface area contributed by atoms with Gasteiger partial charge in [0.25, 0.3) is 0 Å². The quantitative estimate of drug-likeness (QED) is 0.687. The van der Waals surface area contributed by atoms with Crippen molar-refractivity contribution in [2.24, 2.45) is 0 Å². The highest BCUT2D eigenvalue weighted by molar-refractivity contribution is 5.85. The minimum Gasteiger partial charge on any atom is -0.488 e. The second-order valence-corrected chi connectivity index (χ2v) is 3.27. The molecule has 0 spiro atoms. The van der Waals surface area contributed by atoms with Gasteiger partial charge in [-0.2, -0.15) is 0 Å². The van der Waals surface area contributed by atoms with E-state index in [1.807, 2.05) is 19.1 Å². The van der Waals surface area contributed by atoms with Crippen LogP contribution in [0, 0.1) is 6.92 Å². The molecule has 1 aliphatic rings. The second kappa shape index (κ2) is 3.17. The third-order valence-electron chi connectivity index (χ3n) is 2.16. The molecule has 1 aromatic rings. The van der Waals surface area contributed by atoms with Crippen LogP contribution in [-0.2, 0) is 4.79 Å². The van der Waals surface area contributed by atoms with Gasteiger partial charge < -0.3 is 4.74 Å². The normalized spacial score (nSPS) is 16.8. The molecule has 3 heteroatoms. The Labute approximate surface area is 76.7 Å². The Hall–Kier alpha value is -1.38. The number of rotatable bonds is 2. The molecule has 0 radical (unpaired) electrons. The van der Waals surface area contributed by atoms with Crippen molar-refractivity contribution in [3.05, 3.63) is 24.0 Å². The smallest absolute Gasteiger partial charge is 0.140 e. The first kappa shape index (κ1) is 8.23. The largest absolute Gasteiger partial charge is 0.488 e. The maximum Gasteiger partial charge on any atom is 0.140 e. The number of aryl methyl sites for hydroxylation is 1. The van der Waals surface area contributed by atoms with E-state index in [0.29, 0.717) is 12.8 Å². The fourth-order valence-electron chi connectivity index (χ4n) is 1.31. The van der Waals surface area contributed by atoms with Gasteiger partial charge in [0.05, 0.1) is 5.69 Å². The van der Waals surface area contributed by atoms with Crippen molar-refractivity contribution in [3.8, 4) is 5.75 Å². The number of ketones is 1. The molecule has 3 nitrogen and oxygen atoms in total. The van der Waals surface area contributed by atoms with Gasteiger partial charge in [0.1, 0.15) is 17.6 Å². The fourth-order valence-corrected chi connectivity index (χ4v) is 1.31. The van der Waals surface area contributed by atoms with E-state index in [9.17, 15) is 4.79 Å². The number of hydrogen-bond donors (Lipinski definition) is 0. The zero-order valence-electron chi connectivity index (χ0n) is 7.49. The topological polar surface area (TPSA) is 39.2 Å². The summed E-state index contributed by atoms with van der Waals surface area (Å²) in [5.41, 5.74) is 0.877. The molecule has 0 unspecified atom stereocenters. The number of pyridine rings is 1. The Morgan fingerprint density at radius 1 is 1.54 bits per heavy atom. The maximum atomic E-state index is 10.7. The predicted molar refractivity (Wildman–Crippen MR) is 47.6 cm³/mol. The van der Waals surface area contributed by atoms with E-state index in [1.54, 1.807) is 6.20 Å². The standard InChI is InChI=1S/C10H11NO2/c1-7-10(3-2-4-11-7)13-9-5-8(12)6-9/h2-4,9H,5-6H2,1H3. The van der Waals surface area contributed by atoms with E-state index in [0.717, 1.165) is 11.4 Å². The number of aromatic nitrogens is 1. The van der Waals surface area contributed by atoms with Gasteiger partial charge >= 0.3 is 0 Å². The van der Waals surface area contributed by atoms with Crippen molar-refractivity contribution in [3.63, 3.8) is 0 Å². The monoisotopic (exact) mass is 177 g/mol. The summed E-state index contributed by atoms with van der Waals surface area (Å²) in [6.45, 7) is 1.90. The first-order chi connectivity index (χ1) is 6.25. The summed E-state index contributed by atoms with van der Waals surface area (Å²) < 4.78 is 5.57. The lowest BCUT2D eigenvalue weighted by Crippen LogP contribution is -2.33. The summed E-state index contributed by atoms with van der Waals surface area (Å²) in [5, 5.41) is 0. The highest BCUT2D eigenvalue weighted by Gasteiger charge is 2.28. The highest BCUT2D eigenvalue weighted by Crippen LogP contribution is 2.23.